The lowest BCUT2D eigenvalue weighted by atomic mass is 10.1. The van der Waals surface area contributed by atoms with Gasteiger partial charge in [0.25, 0.3) is 5.91 Å². The predicted molar refractivity (Wildman–Crippen MR) is 82.7 cm³/mol. The van der Waals surface area contributed by atoms with E-state index in [0.29, 0.717) is 18.2 Å². The van der Waals surface area contributed by atoms with Crippen molar-refractivity contribution < 1.29 is 4.79 Å². The highest BCUT2D eigenvalue weighted by molar-refractivity contribution is 5.94. The topological polar surface area (TPSA) is 59.2 Å². The van der Waals surface area contributed by atoms with Crippen molar-refractivity contribution in [2.24, 2.45) is 0 Å². The maximum Gasteiger partial charge on any atom is 0.255 e. The molecular weight excluding hydrogens is 262 g/mol. The number of nitrogens with two attached hydrogens (primary N) is 1. The molecule has 0 spiro atoms. The van der Waals surface area contributed by atoms with Gasteiger partial charge in [-0.3, -0.25) is 9.78 Å². The Kier molecular flexibility index (Phi) is 3.60. The molecule has 0 bridgehead atoms. The summed E-state index contributed by atoms with van der Waals surface area (Å²) in [4.78, 5) is 18.8. The molecule has 1 amide bonds. The Balaban J connectivity index is 1.85. The highest BCUT2D eigenvalue weighted by Crippen LogP contribution is 2.30. The van der Waals surface area contributed by atoms with Gasteiger partial charge in [-0.1, -0.05) is 18.2 Å². The summed E-state index contributed by atoms with van der Waals surface area (Å²) >= 11 is 0. The second-order valence-corrected chi connectivity index (χ2v) is 5.61. The molecule has 3 rings (SSSR count). The van der Waals surface area contributed by atoms with Gasteiger partial charge in [0.15, 0.2) is 0 Å². The van der Waals surface area contributed by atoms with Crippen LogP contribution in [0.1, 0.15) is 34.3 Å². The fourth-order valence-electron chi connectivity index (χ4n) is 2.45. The summed E-state index contributed by atoms with van der Waals surface area (Å²) in [6, 6.07) is 9.94. The molecule has 1 aliphatic carbocycles. The minimum Gasteiger partial charge on any atom is -0.398 e. The van der Waals surface area contributed by atoms with Crippen LogP contribution in [0.25, 0.3) is 0 Å². The van der Waals surface area contributed by atoms with Crippen molar-refractivity contribution in [1.82, 2.24) is 9.88 Å². The monoisotopic (exact) mass is 281 g/mol. The van der Waals surface area contributed by atoms with Crippen molar-refractivity contribution in [1.29, 1.82) is 0 Å². The minimum absolute atomic E-state index is 0.0388. The number of nitrogens with zero attached hydrogens (tertiary/aromatic N) is 2. The van der Waals surface area contributed by atoms with E-state index in [4.69, 9.17) is 5.73 Å². The molecule has 21 heavy (non-hydrogen) atoms. The summed E-state index contributed by atoms with van der Waals surface area (Å²) in [5, 5.41) is 0. The number of benzene rings is 1. The van der Waals surface area contributed by atoms with Gasteiger partial charge in [0.2, 0.25) is 0 Å². The molecule has 1 aromatic carbocycles. The van der Waals surface area contributed by atoms with Crippen LogP contribution in [0.5, 0.6) is 0 Å². The van der Waals surface area contributed by atoms with Gasteiger partial charge in [-0.2, -0.15) is 0 Å². The van der Waals surface area contributed by atoms with E-state index in [0.717, 1.165) is 29.7 Å². The second kappa shape index (κ2) is 5.56. The van der Waals surface area contributed by atoms with E-state index in [1.165, 1.54) is 0 Å². The normalized spacial score (nSPS) is 14.0. The highest BCUT2D eigenvalue weighted by Gasteiger charge is 2.33. The molecule has 0 saturated heterocycles. The lowest BCUT2D eigenvalue weighted by Crippen LogP contribution is -2.33. The lowest BCUT2D eigenvalue weighted by molar-refractivity contribution is 0.0730. The molecule has 108 valence electrons. The van der Waals surface area contributed by atoms with Gasteiger partial charge in [-0.15, -0.1) is 0 Å². The number of nitrogen functional groups attached to an aromatic ring is 1. The number of carbonyl (C=O) groups is 1. The highest BCUT2D eigenvalue weighted by atomic mass is 16.2. The van der Waals surface area contributed by atoms with E-state index in [1.54, 1.807) is 12.4 Å². The smallest absolute Gasteiger partial charge is 0.255 e. The predicted octanol–water partition coefficient (Wildman–Crippen LogP) is 2.78. The first-order chi connectivity index (χ1) is 10.1. The van der Waals surface area contributed by atoms with Gasteiger partial charge in [0, 0.05) is 30.7 Å². The van der Waals surface area contributed by atoms with E-state index in [2.05, 4.69) is 4.98 Å². The molecule has 0 atom stereocenters. The number of anilines is 1. The maximum absolute atomic E-state index is 12.7. The van der Waals surface area contributed by atoms with Crippen molar-refractivity contribution in [3.8, 4) is 0 Å². The molecule has 1 saturated carbocycles. The van der Waals surface area contributed by atoms with Crippen LogP contribution in [0.15, 0.2) is 42.7 Å². The van der Waals surface area contributed by atoms with Crippen LogP contribution in [-0.2, 0) is 6.54 Å². The summed E-state index contributed by atoms with van der Waals surface area (Å²) in [7, 11) is 0. The average molecular weight is 281 g/mol. The van der Waals surface area contributed by atoms with Crippen molar-refractivity contribution in [2.75, 3.05) is 5.73 Å². The SMILES string of the molecule is Cc1cncc(C(=O)N(Cc2ccccc2N)C2CC2)c1. The fraction of sp³-hybridized carbons (Fsp3) is 0.294. The third-order valence-corrected chi connectivity index (χ3v) is 3.77. The quantitative estimate of drug-likeness (QED) is 0.877. The Labute approximate surface area is 124 Å². The first-order valence-electron chi connectivity index (χ1n) is 7.21. The second-order valence-electron chi connectivity index (χ2n) is 5.61. The van der Waals surface area contributed by atoms with E-state index in [-0.39, 0.29) is 5.91 Å². The average Bonchev–Trinajstić information content (AvgIpc) is 3.30. The van der Waals surface area contributed by atoms with Gasteiger partial charge in [-0.25, -0.2) is 0 Å². The van der Waals surface area contributed by atoms with Crippen molar-refractivity contribution in [3.05, 3.63) is 59.4 Å². The maximum atomic E-state index is 12.7. The first-order valence-corrected chi connectivity index (χ1v) is 7.21. The Bertz CT molecular complexity index is 665. The number of hydrogen-bond acceptors (Lipinski definition) is 3. The first kappa shape index (κ1) is 13.6. The van der Waals surface area contributed by atoms with E-state index in [9.17, 15) is 4.79 Å². The molecule has 1 fully saturated rings. The number of aromatic nitrogens is 1. The third-order valence-electron chi connectivity index (χ3n) is 3.77. The number of para-hydroxylation sites is 1. The van der Waals surface area contributed by atoms with E-state index in [1.807, 2.05) is 42.2 Å². The van der Waals surface area contributed by atoms with Crippen LogP contribution in [0, 0.1) is 6.92 Å². The van der Waals surface area contributed by atoms with Crippen molar-refractivity contribution >= 4 is 11.6 Å². The minimum atomic E-state index is 0.0388. The summed E-state index contributed by atoms with van der Waals surface area (Å²) in [6.45, 7) is 2.50. The molecule has 4 heteroatoms. The van der Waals surface area contributed by atoms with Gasteiger partial charge in [0.1, 0.15) is 0 Å². The van der Waals surface area contributed by atoms with Gasteiger partial charge in [-0.05, 0) is 43.0 Å². The molecule has 1 heterocycles. The Morgan fingerprint density at radius 1 is 1.33 bits per heavy atom. The van der Waals surface area contributed by atoms with Crippen molar-refractivity contribution in [3.63, 3.8) is 0 Å². The van der Waals surface area contributed by atoms with Gasteiger partial charge in [0.05, 0.1) is 5.56 Å². The summed E-state index contributed by atoms with van der Waals surface area (Å²) in [6.07, 6.45) is 5.53. The molecule has 2 aromatic rings. The Morgan fingerprint density at radius 2 is 2.10 bits per heavy atom. The van der Waals surface area contributed by atoms with Crippen LogP contribution >= 0.6 is 0 Å². The summed E-state index contributed by atoms with van der Waals surface area (Å²) < 4.78 is 0. The molecular formula is C17H19N3O. The van der Waals surface area contributed by atoms with Crippen LogP contribution in [0.4, 0.5) is 5.69 Å². The van der Waals surface area contributed by atoms with Crippen molar-refractivity contribution in [2.45, 2.75) is 32.4 Å². The summed E-state index contributed by atoms with van der Waals surface area (Å²) in [5.41, 5.74) is 9.38. The number of pyridine rings is 1. The standard InChI is InChI=1S/C17H19N3O/c1-12-8-14(10-19-9-12)17(21)20(15-6-7-15)11-13-4-2-3-5-16(13)18/h2-5,8-10,15H,6-7,11,18H2,1H3. The van der Waals surface area contributed by atoms with E-state index < -0.39 is 0 Å². The van der Waals surface area contributed by atoms with Crippen LogP contribution in [0.3, 0.4) is 0 Å². The summed E-state index contributed by atoms with van der Waals surface area (Å²) in [5.74, 6) is 0.0388. The molecule has 4 nitrogen and oxygen atoms in total. The van der Waals surface area contributed by atoms with E-state index >= 15 is 0 Å². The number of hydrogen-bond donors (Lipinski definition) is 1. The van der Waals surface area contributed by atoms with Gasteiger partial charge < -0.3 is 10.6 Å². The van der Waals surface area contributed by atoms with Crippen LogP contribution in [-0.4, -0.2) is 21.8 Å². The molecule has 0 radical (unpaired) electrons. The number of aryl methyl sites for hydroxylation is 1. The fourth-order valence-corrected chi connectivity index (χ4v) is 2.45. The molecule has 0 unspecified atom stereocenters. The zero-order chi connectivity index (χ0) is 14.8. The zero-order valence-corrected chi connectivity index (χ0v) is 12.1. The Hall–Kier alpha value is -2.36. The number of rotatable bonds is 4. The van der Waals surface area contributed by atoms with Gasteiger partial charge >= 0.3 is 0 Å². The Morgan fingerprint density at radius 3 is 2.76 bits per heavy atom. The van der Waals surface area contributed by atoms with Crippen LogP contribution < -0.4 is 5.73 Å². The molecule has 1 aromatic heterocycles. The largest absolute Gasteiger partial charge is 0.398 e. The molecule has 1 aliphatic rings. The van der Waals surface area contributed by atoms with Crippen LogP contribution in [0.2, 0.25) is 0 Å². The lowest BCUT2D eigenvalue weighted by Gasteiger charge is -2.23. The molecule has 2 N–H and O–H groups in total. The number of amides is 1. The number of carbonyl (C=O) groups excluding carboxylic acids is 1. The zero-order valence-electron chi connectivity index (χ0n) is 12.1. The molecule has 0 aliphatic heterocycles. The third kappa shape index (κ3) is 3.05.